The highest BCUT2D eigenvalue weighted by Crippen LogP contribution is 2.18. The second-order valence-electron chi connectivity index (χ2n) is 7.99. The van der Waals surface area contributed by atoms with Crippen molar-refractivity contribution in [1.82, 2.24) is 23.6 Å². The molecule has 1 N–H and O–H groups in total. The van der Waals surface area contributed by atoms with Crippen molar-refractivity contribution in [3.8, 4) is 0 Å². The number of hydrogen-bond acceptors (Lipinski definition) is 5. The van der Waals surface area contributed by atoms with Crippen molar-refractivity contribution in [2.45, 2.75) is 13.1 Å². The normalized spacial score (nSPS) is 10.9. The van der Waals surface area contributed by atoms with Crippen molar-refractivity contribution >= 4 is 28.7 Å². The summed E-state index contributed by atoms with van der Waals surface area (Å²) in [7, 11) is 4.58. The summed E-state index contributed by atoms with van der Waals surface area (Å²) in [5, 5.41) is 2.76. The molecule has 0 bridgehead atoms. The predicted molar refractivity (Wildman–Crippen MR) is 128 cm³/mol. The number of nitrogens with zero attached hydrogens (tertiary/aromatic N) is 5. The molecule has 0 atom stereocenters. The minimum atomic E-state index is -0.540. The fourth-order valence-electron chi connectivity index (χ4n) is 3.77. The van der Waals surface area contributed by atoms with Gasteiger partial charge in [0.25, 0.3) is 11.5 Å². The second-order valence-corrected chi connectivity index (χ2v) is 7.99. The Labute approximate surface area is 194 Å². The summed E-state index contributed by atoms with van der Waals surface area (Å²) in [4.78, 5) is 56.3. The number of nitrogens with one attached hydrogen (secondary N) is 1. The van der Waals surface area contributed by atoms with Gasteiger partial charge in [-0.1, -0.05) is 42.5 Å². The van der Waals surface area contributed by atoms with E-state index in [0.29, 0.717) is 17.8 Å². The lowest BCUT2D eigenvalue weighted by molar-refractivity contribution is -0.116. The first-order valence-corrected chi connectivity index (χ1v) is 10.6. The highest BCUT2D eigenvalue weighted by molar-refractivity contribution is 6.03. The number of imidazole rings is 1. The zero-order chi connectivity index (χ0) is 24.4. The number of aryl methyl sites for hydroxylation is 1. The maximum absolute atomic E-state index is 13.1. The number of benzene rings is 2. The van der Waals surface area contributed by atoms with Crippen molar-refractivity contribution in [2.24, 2.45) is 14.1 Å². The number of para-hydroxylation sites is 1. The molecule has 0 radical (unpaired) electrons. The zero-order valence-electron chi connectivity index (χ0n) is 19.1. The summed E-state index contributed by atoms with van der Waals surface area (Å²) in [6.07, 6.45) is 1.34. The second kappa shape index (κ2) is 9.18. The molecule has 34 heavy (non-hydrogen) atoms. The van der Waals surface area contributed by atoms with Gasteiger partial charge in [0.15, 0.2) is 11.2 Å². The average molecular weight is 460 g/mol. The van der Waals surface area contributed by atoms with E-state index in [1.807, 2.05) is 30.3 Å². The number of rotatable bonds is 6. The van der Waals surface area contributed by atoms with Crippen LogP contribution < -0.4 is 16.6 Å². The smallest absolute Gasteiger partial charge is 0.332 e. The van der Waals surface area contributed by atoms with Crippen molar-refractivity contribution < 1.29 is 9.59 Å². The lowest BCUT2D eigenvalue weighted by atomic mass is 10.1. The van der Waals surface area contributed by atoms with E-state index < -0.39 is 17.2 Å². The molecule has 2 aromatic heterocycles. The topological polar surface area (TPSA) is 111 Å². The summed E-state index contributed by atoms with van der Waals surface area (Å²) in [6, 6.07) is 16.4. The summed E-state index contributed by atoms with van der Waals surface area (Å²) >= 11 is 0. The molecule has 0 aliphatic rings. The SMILES string of the molecule is CN(Cc1ccccc1)C(=O)c1ccccc1NC(=O)Cn1cnc2c1c(=O)n(C)c(=O)n2C. The summed E-state index contributed by atoms with van der Waals surface area (Å²) < 4.78 is 3.61. The van der Waals surface area contributed by atoms with Crippen molar-refractivity contribution in [3.05, 3.63) is 92.9 Å². The van der Waals surface area contributed by atoms with Gasteiger partial charge in [-0.2, -0.15) is 0 Å². The molecule has 10 nitrogen and oxygen atoms in total. The van der Waals surface area contributed by atoms with Gasteiger partial charge in [-0.15, -0.1) is 0 Å². The Morgan fingerprint density at radius 3 is 2.38 bits per heavy atom. The lowest BCUT2D eigenvalue weighted by Crippen LogP contribution is -2.37. The first kappa shape index (κ1) is 22.7. The molecule has 2 aromatic carbocycles. The van der Waals surface area contributed by atoms with Crippen LogP contribution in [0.3, 0.4) is 0 Å². The van der Waals surface area contributed by atoms with Crippen molar-refractivity contribution in [2.75, 3.05) is 12.4 Å². The molecule has 0 aliphatic carbocycles. The van der Waals surface area contributed by atoms with Crippen LogP contribution in [0.4, 0.5) is 5.69 Å². The number of fused-ring (bicyclic) bond motifs is 1. The molecule has 2 heterocycles. The van der Waals surface area contributed by atoms with Gasteiger partial charge in [0.1, 0.15) is 6.54 Å². The van der Waals surface area contributed by atoms with E-state index in [-0.39, 0.29) is 23.6 Å². The zero-order valence-corrected chi connectivity index (χ0v) is 19.1. The highest BCUT2D eigenvalue weighted by Gasteiger charge is 2.19. The standard InChI is InChI=1S/C24H24N6O4/c1-27(13-16-9-5-4-6-10-16)22(32)17-11-7-8-12-18(17)26-19(31)14-30-15-25-21-20(30)23(33)29(3)24(34)28(21)2/h4-12,15H,13-14H2,1-3H3,(H,26,31). The van der Waals surface area contributed by atoms with Crippen LogP contribution in [0.5, 0.6) is 0 Å². The lowest BCUT2D eigenvalue weighted by Gasteiger charge is -2.19. The third-order valence-corrected chi connectivity index (χ3v) is 5.57. The van der Waals surface area contributed by atoms with E-state index >= 15 is 0 Å². The van der Waals surface area contributed by atoms with E-state index in [9.17, 15) is 19.2 Å². The first-order chi connectivity index (χ1) is 16.3. The van der Waals surface area contributed by atoms with Crippen LogP contribution >= 0.6 is 0 Å². The van der Waals surface area contributed by atoms with Gasteiger partial charge >= 0.3 is 5.69 Å². The first-order valence-electron chi connectivity index (χ1n) is 10.6. The summed E-state index contributed by atoms with van der Waals surface area (Å²) in [5.41, 5.74) is 1.000. The van der Waals surface area contributed by atoms with Gasteiger partial charge in [0.2, 0.25) is 5.91 Å². The van der Waals surface area contributed by atoms with E-state index in [2.05, 4.69) is 10.3 Å². The third kappa shape index (κ3) is 4.25. The Morgan fingerprint density at radius 2 is 1.65 bits per heavy atom. The summed E-state index contributed by atoms with van der Waals surface area (Å²) in [5.74, 6) is -0.683. The fraction of sp³-hybridized carbons (Fsp3) is 0.208. The van der Waals surface area contributed by atoms with Gasteiger partial charge in [-0.3, -0.25) is 23.5 Å². The molecule has 0 fully saturated rings. The van der Waals surface area contributed by atoms with Gasteiger partial charge in [0, 0.05) is 27.7 Å². The Balaban J connectivity index is 1.56. The van der Waals surface area contributed by atoms with Crippen molar-refractivity contribution in [3.63, 3.8) is 0 Å². The van der Waals surface area contributed by atoms with E-state index in [0.717, 1.165) is 10.1 Å². The molecule has 0 saturated heterocycles. The van der Waals surface area contributed by atoms with Crippen LogP contribution in [-0.2, 0) is 32.0 Å². The molecule has 0 aliphatic heterocycles. The Hall–Kier alpha value is -4.47. The molecule has 0 unspecified atom stereocenters. The van der Waals surface area contributed by atoms with Gasteiger partial charge in [-0.05, 0) is 17.7 Å². The molecule has 0 spiro atoms. The molecule has 4 aromatic rings. The van der Waals surface area contributed by atoms with Gasteiger partial charge in [0.05, 0.1) is 17.6 Å². The molecule has 10 heteroatoms. The van der Waals surface area contributed by atoms with Gasteiger partial charge < -0.3 is 14.8 Å². The minimum Gasteiger partial charge on any atom is -0.337 e. The molecule has 2 amide bonds. The number of amides is 2. The van der Waals surface area contributed by atoms with Crippen LogP contribution in [-0.4, -0.2) is 42.4 Å². The van der Waals surface area contributed by atoms with Crippen LogP contribution in [0.15, 0.2) is 70.5 Å². The quantitative estimate of drug-likeness (QED) is 0.467. The van der Waals surface area contributed by atoms with E-state index in [1.54, 1.807) is 36.2 Å². The average Bonchev–Trinajstić information content (AvgIpc) is 3.25. The number of anilines is 1. The molecular weight excluding hydrogens is 436 g/mol. The third-order valence-electron chi connectivity index (χ3n) is 5.57. The maximum Gasteiger partial charge on any atom is 0.332 e. The number of aromatic nitrogens is 4. The molecule has 174 valence electrons. The minimum absolute atomic E-state index is 0.145. The number of carbonyl (C=O) groups is 2. The van der Waals surface area contributed by atoms with Gasteiger partial charge in [-0.25, -0.2) is 9.78 Å². The van der Waals surface area contributed by atoms with Crippen LogP contribution in [0.25, 0.3) is 11.2 Å². The van der Waals surface area contributed by atoms with Crippen LogP contribution in [0.2, 0.25) is 0 Å². The molecule has 4 rings (SSSR count). The Bertz CT molecular complexity index is 1500. The number of hydrogen-bond donors (Lipinski definition) is 1. The maximum atomic E-state index is 13.1. The monoisotopic (exact) mass is 460 g/mol. The fourth-order valence-corrected chi connectivity index (χ4v) is 3.77. The Kier molecular flexibility index (Phi) is 6.13. The predicted octanol–water partition coefficient (Wildman–Crippen LogP) is 1.34. The van der Waals surface area contributed by atoms with Crippen LogP contribution in [0.1, 0.15) is 15.9 Å². The Morgan fingerprint density at radius 1 is 0.971 bits per heavy atom. The van der Waals surface area contributed by atoms with Crippen molar-refractivity contribution in [1.29, 1.82) is 0 Å². The summed E-state index contributed by atoms with van der Waals surface area (Å²) in [6.45, 7) is 0.206. The highest BCUT2D eigenvalue weighted by atomic mass is 16.2. The largest absolute Gasteiger partial charge is 0.337 e. The molecular formula is C24H24N6O4. The molecule has 0 saturated carbocycles. The number of carbonyl (C=O) groups excluding carboxylic acids is 2. The van der Waals surface area contributed by atoms with Crippen LogP contribution in [0, 0.1) is 0 Å². The van der Waals surface area contributed by atoms with E-state index in [1.165, 1.54) is 29.6 Å². The van der Waals surface area contributed by atoms with E-state index in [4.69, 9.17) is 0 Å².